The number of fused-ring (bicyclic) bond motifs is 1. The van der Waals surface area contributed by atoms with Gasteiger partial charge in [0.25, 0.3) is 0 Å². The van der Waals surface area contributed by atoms with Crippen molar-refractivity contribution in [2.75, 3.05) is 5.43 Å². The Balaban J connectivity index is 2.92. The van der Waals surface area contributed by atoms with E-state index in [4.69, 9.17) is 5.84 Å². The van der Waals surface area contributed by atoms with E-state index >= 15 is 0 Å². The molecule has 3 nitrogen and oxygen atoms in total. The van der Waals surface area contributed by atoms with Gasteiger partial charge in [-0.2, -0.15) is 13.2 Å². The summed E-state index contributed by atoms with van der Waals surface area (Å²) in [7, 11) is 0. The molecule has 3 N–H and O–H groups in total. The zero-order valence-electron chi connectivity index (χ0n) is 9.27. The summed E-state index contributed by atoms with van der Waals surface area (Å²) in [6, 6.07) is 3.88. The van der Waals surface area contributed by atoms with Crippen molar-refractivity contribution in [3.8, 4) is 0 Å². The molecule has 2 rings (SSSR count). The quantitative estimate of drug-likeness (QED) is 0.470. The topological polar surface area (TPSA) is 50.9 Å². The van der Waals surface area contributed by atoms with E-state index in [-0.39, 0.29) is 22.2 Å². The number of para-hydroxylation sites is 1. The fourth-order valence-electron chi connectivity index (χ4n) is 1.81. The second-order valence-electron chi connectivity index (χ2n) is 3.74. The van der Waals surface area contributed by atoms with Gasteiger partial charge in [0.05, 0.1) is 5.69 Å². The number of benzene rings is 1. The lowest BCUT2D eigenvalue weighted by Crippen LogP contribution is -2.16. The molecule has 18 heavy (non-hydrogen) atoms. The van der Waals surface area contributed by atoms with Crippen LogP contribution in [-0.4, -0.2) is 4.98 Å². The number of hydrogen-bond acceptors (Lipinski definition) is 3. The first-order valence-electron chi connectivity index (χ1n) is 4.99. The smallest absolute Gasteiger partial charge is 0.323 e. The number of anilines is 1. The highest BCUT2D eigenvalue weighted by Gasteiger charge is 2.36. The van der Waals surface area contributed by atoms with Gasteiger partial charge in [-0.1, -0.05) is 12.1 Å². The van der Waals surface area contributed by atoms with E-state index in [0.717, 1.165) is 6.07 Å². The largest absolute Gasteiger partial charge is 0.433 e. The van der Waals surface area contributed by atoms with Gasteiger partial charge in [-0.15, -0.1) is 0 Å². The Morgan fingerprint density at radius 2 is 1.94 bits per heavy atom. The molecular formula is C11H9F4N3. The summed E-state index contributed by atoms with van der Waals surface area (Å²) in [6.07, 6.45) is -4.66. The lowest BCUT2D eigenvalue weighted by atomic mass is 10.1. The van der Waals surface area contributed by atoms with Gasteiger partial charge in [0.1, 0.15) is 17.0 Å². The molecule has 0 unspecified atom stereocenters. The first kappa shape index (κ1) is 12.6. The monoisotopic (exact) mass is 259 g/mol. The molecule has 0 aliphatic heterocycles. The highest BCUT2D eigenvalue weighted by molar-refractivity contribution is 5.93. The van der Waals surface area contributed by atoms with Gasteiger partial charge in [0.2, 0.25) is 0 Å². The fraction of sp³-hybridized carbons (Fsp3) is 0.182. The third-order valence-electron chi connectivity index (χ3n) is 2.62. The number of nitrogens with two attached hydrogens (primary N) is 1. The van der Waals surface area contributed by atoms with Gasteiger partial charge in [-0.3, -0.25) is 5.84 Å². The van der Waals surface area contributed by atoms with Gasteiger partial charge in [0.15, 0.2) is 0 Å². The molecule has 0 aliphatic carbocycles. The fourth-order valence-corrected chi connectivity index (χ4v) is 1.81. The minimum atomic E-state index is -4.66. The van der Waals surface area contributed by atoms with E-state index in [2.05, 4.69) is 10.4 Å². The molecule has 2 aromatic rings. The van der Waals surface area contributed by atoms with E-state index in [1.807, 2.05) is 0 Å². The molecule has 1 heterocycles. The van der Waals surface area contributed by atoms with Crippen molar-refractivity contribution in [3.63, 3.8) is 0 Å². The van der Waals surface area contributed by atoms with Crippen molar-refractivity contribution < 1.29 is 17.6 Å². The van der Waals surface area contributed by atoms with Crippen molar-refractivity contribution in [2.45, 2.75) is 13.1 Å². The molecule has 0 amide bonds. The summed E-state index contributed by atoms with van der Waals surface area (Å²) in [4.78, 5) is 3.36. The van der Waals surface area contributed by atoms with Crippen LogP contribution in [0.25, 0.3) is 10.9 Å². The third-order valence-corrected chi connectivity index (χ3v) is 2.62. The number of hydrogen-bond donors (Lipinski definition) is 2. The molecular weight excluding hydrogens is 250 g/mol. The van der Waals surface area contributed by atoms with Gasteiger partial charge in [0, 0.05) is 10.9 Å². The molecule has 7 heteroatoms. The van der Waals surface area contributed by atoms with Crippen molar-refractivity contribution in [3.05, 3.63) is 35.3 Å². The van der Waals surface area contributed by atoms with Crippen LogP contribution in [0.1, 0.15) is 11.3 Å². The lowest BCUT2D eigenvalue weighted by Gasteiger charge is -2.15. The van der Waals surface area contributed by atoms with Gasteiger partial charge in [-0.25, -0.2) is 9.37 Å². The minimum Gasteiger partial charge on any atom is -0.323 e. The summed E-state index contributed by atoms with van der Waals surface area (Å²) >= 11 is 0. The standard InChI is InChI=1S/C11H9F4N3/c1-5-8(18-16)6-3-2-4-7(12)9(6)17-10(5)11(13,14)15/h2-4H,16H2,1H3,(H,17,18). The van der Waals surface area contributed by atoms with Crippen LogP contribution in [0, 0.1) is 12.7 Å². The lowest BCUT2D eigenvalue weighted by molar-refractivity contribution is -0.141. The van der Waals surface area contributed by atoms with Crippen molar-refractivity contribution in [1.29, 1.82) is 0 Å². The second kappa shape index (κ2) is 4.09. The number of halogens is 4. The number of aromatic nitrogens is 1. The number of nitrogens with one attached hydrogen (secondary N) is 1. The predicted octanol–water partition coefficient (Wildman–Crippen LogP) is 2.99. The molecule has 0 aliphatic rings. The number of nitrogen functional groups attached to an aromatic ring is 1. The van der Waals surface area contributed by atoms with Gasteiger partial charge in [-0.05, 0) is 13.0 Å². The van der Waals surface area contributed by atoms with Crippen molar-refractivity contribution in [2.24, 2.45) is 5.84 Å². The zero-order valence-corrected chi connectivity index (χ0v) is 9.27. The molecule has 96 valence electrons. The summed E-state index contributed by atoms with van der Waals surface area (Å²) in [5.74, 6) is 4.39. The Labute approximate surface area is 99.6 Å². The number of nitrogens with zero attached hydrogens (tertiary/aromatic N) is 1. The van der Waals surface area contributed by atoms with Crippen LogP contribution < -0.4 is 11.3 Å². The number of alkyl halides is 3. The Morgan fingerprint density at radius 3 is 2.50 bits per heavy atom. The van der Waals surface area contributed by atoms with E-state index in [0.29, 0.717) is 0 Å². The predicted molar refractivity (Wildman–Crippen MR) is 59.3 cm³/mol. The van der Waals surface area contributed by atoms with Crippen LogP contribution in [0.15, 0.2) is 18.2 Å². The Kier molecular flexibility index (Phi) is 2.86. The number of rotatable bonds is 1. The summed E-state index contributed by atoms with van der Waals surface area (Å²) < 4.78 is 51.8. The maximum atomic E-state index is 13.5. The van der Waals surface area contributed by atoms with Crippen LogP contribution in [-0.2, 0) is 6.18 Å². The normalized spacial score (nSPS) is 11.9. The van der Waals surface area contributed by atoms with Crippen LogP contribution in [0.4, 0.5) is 23.2 Å². The Hall–Kier alpha value is -1.89. The molecule has 0 radical (unpaired) electrons. The number of pyridine rings is 1. The van der Waals surface area contributed by atoms with Crippen LogP contribution in [0.2, 0.25) is 0 Å². The highest BCUT2D eigenvalue weighted by Crippen LogP contribution is 2.37. The van der Waals surface area contributed by atoms with Crippen LogP contribution in [0.3, 0.4) is 0 Å². The maximum absolute atomic E-state index is 13.5. The molecule has 0 bridgehead atoms. The van der Waals surface area contributed by atoms with Gasteiger partial charge >= 0.3 is 6.18 Å². The first-order chi connectivity index (χ1) is 8.36. The van der Waals surface area contributed by atoms with Crippen molar-refractivity contribution in [1.82, 2.24) is 4.98 Å². The van der Waals surface area contributed by atoms with E-state index < -0.39 is 17.7 Å². The second-order valence-corrected chi connectivity index (χ2v) is 3.74. The van der Waals surface area contributed by atoms with Crippen LogP contribution >= 0.6 is 0 Å². The average Bonchev–Trinajstić information content (AvgIpc) is 2.27. The number of hydrazine groups is 1. The third kappa shape index (κ3) is 1.86. The summed E-state index contributed by atoms with van der Waals surface area (Å²) in [6.45, 7) is 1.23. The van der Waals surface area contributed by atoms with Gasteiger partial charge < -0.3 is 5.43 Å². The highest BCUT2D eigenvalue weighted by atomic mass is 19.4. The summed E-state index contributed by atoms with van der Waals surface area (Å²) in [5.41, 5.74) is 0.524. The average molecular weight is 259 g/mol. The Morgan fingerprint density at radius 1 is 1.28 bits per heavy atom. The minimum absolute atomic E-state index is 0.0202. The summed E-state index contributed by atoms with van der Waals surface area (Å²) in [5, 5.41) is 0.211. The van der Waals surface area contributed by atoms with E-state index in [1.54, 1.807) is 0 Å². The van der Waals surface area contributed by atoms with Crippen molar-refractivity contribution >= 4 is 16.6 Å². The SMILES string of the molecule is Cc1c(C(F)(F)F)nc2c(F)cccc2c1NN. The molecule has 1 aromatic heterocycles. The molecule has 0 atom stereocenters. The molecule has 0 saturated carbocycles. The molecule has 0 spiro atoms. The molecule has 0 saturated heterocycles. The zero-order chi connectivity index (χ0) is 13.5. The van der Waals surface area contributed by atoms with E-state index in [9.17, 15) is 17.6 Å². The van der Waals surface area contributed by atoms with E-state index in [1.165, 1.54) is 19.1 Å². The Bertz CT molecular complexity index is 607. The molecule has 0 fully saturated rings. The van der Waals surface area contributed by atoms with Crippen LogP contribution in [0.5, 0.6) is 0 Å². The molecule has 1 aromatic carbocycles. The first-order valence-corrected chi connectivity index (χ1v) is 4.99. The maximum Gasteiger partial charge on any atom is 0.433 e.